The molecule has 0 aliphatic carbocycles. The summed E-state index contributed by atoms with van der Waals surface area (Å²) in [4.78, 5) is 25.7. The number of nitrogens with two attached hydrogens (primary N) is 1. The number of nitrogens with zero attached hydrogens (tertiary/aromatic N) is 5. The van der Waals surface area contributed by atoms with Crippen molar-refractivity contribution in [1.29, 1.82) is 0 Å². The molecule has 11 heteroatoms. The van der Waals surface area contributed by atoms with Crippen molar-refractivity contribution < 1.29 is 18.0 Å². The molecule has 0 radical (unpaired) electrons. The van der Waals surface area contributed by atoms with Crippen LogP contribution in [0.3, 0.4) is 0 Å². The van der Waals surface area contributed by atoms with Gasteiger partial charge in [-0.1, -0.05) is 24.3 Å². The first-order valence-electron chi connectivity index (χ1n) is 14.3. The molecule has 44 heavy (non-hydrogen) atoms. The molecule has 0 bridgehead atoms. The molecule has 0 unspecified atom stereocenters. The number of aryl methyl sites for hydroxylation is 1. The molecule has 226 valence electrons. The number of amides is 1. The summed E-state index contributed by atoms with van der Waals surface area (Å²) in [5.41, 5.74) is 9.34. The van der Waals surface area contributed by atoms with E-state index in [1.807, 2.05) is 66.0 Å². The predicted molar refractivity (Wildman–Crippen MR) is 166 cm³/mol. The van der Waals surface area contributed by atoms with Crippen LogP contribution in [0.5, 0.6) is 0 Å². The van der Waals surface area contributed by atoms with E-state index in [9.17, 15) is 18.0 Å². The third-order valence-electron chi connectivity index (χ3n) is 8.09. The second-order valence-corrected chi connectivity index (χ2v) is 11.2. The lowest BCUT2D eigenvalue weighted by atomic mass is 9.98. The zero-order chi connectivity index (χ0) is 31.0. The van der Waals surface area contributed by atoms with E-state index in [1.54, 1.807) is 12.1 Å². The van der Waals surface area contributed by atoms with Crippen molar-refractivity contribution in [1.82, 2.24) is 24.3 Å². The Morgan fingerprint density at radius 1 is 0.955 bits per heavy atom. The quantitative estimate of drug-likeness (QED) is 0.249. The van der Waals surface area contributed by atoms with E-state index < -0.39 is 17.6 Å². The van der Waals surface area contributed by atoms with E-state index >= 15 is 0 Å². The molecule has 6 rings (SSSR count). The van der Waals surface area contributed by atoms with Crippen LogP contribution in [0.25, 0.3) is 27.8 Å². The lowest BCUT2D eigenvalue weighted by Crippen LogP contribution is -2.44. The van der Waals surface area contributed by atoms with Gasteiger partial charge in [0.15, 0.2) is 0 Å². The molecular weight excluding hydrogens is 567 g/mol. The van der Waals surface area contributed by atoms with E-state index in [1.165, 1.54) is 18.5 Å². The second kappa shape index (κ2) is 11.7. The van der Waals surface area contributed by atoms with E-state index in [4.69, 9.17) is 5.73 Å². The summed E-state index contributed by atoms with van der Waals surface area (Å²) in [7, 11) is 2.00. The fourth-order valence-electron chi connectivity index (χ4n) is 5.57. The zero-order valence-corrected chi connectivity index (χ0v) is 24.4. The van der Waals surface area contributed by atoms with Gasteiger partial charge in [0, 0.05) is 61.6 Å². The van der Waals surface area contributed by atoms with Gasteiger partial charge in [-0.2, -0.15) is 13.2 Å². The minimum Gasteiger partial charge on any atom is -0.384 e. The molecule has 3 aromatic carbocycles. The highest BCUT2D eigenvalue weighted by Crippen LogP contribution is 2.34. The van der Waals surface area contributed by atoms with Gasteiger partial charge in [-0.05, 0) is 72.6 Å². The number of benzene rings is 3. The number of anilines is 2. The third kappa shape index (κ3) is 6.15. The number of aromatic nitrogens is 3. The standard InChI is InChI=1S/C33H32F3N7O/c1-21-3-8-26(17-27(21)23-5-4-22-9-10-43(29(22)16-23)31-18-30(37)38-20-39-31)40-32(44)24-6-7-25(28(15-24)33(34,35)36)19-42-13-11-41(2)12-14-42/h3-10,15-18,20H,11-14,19H2,1-2H3,(H,40,44)(H2,37,38,39). The highest BCUT2D eigenvalue weighted by molar-refractivity contribution is 6.05. The fourth-order valence-corrected chi connectivity index (χ4v) is 5.57. The van der Waals surface area contributed by atoms with E-state index in [-0.39, 0.29) is 17.7 Å². The third-order valence-corrected chi connectivity index (χ3v) is 8.09. The molecule has 5 aromatic rings. The zero-order valence-electron chi connectivity index (χ0n) is 24.4. The SMILES string of the molecule is Cc1ccc(NC(=O)c2ccc(CN3CCN(C)CC3)c(C(F)(F)F)c2)cc1-c1ccc2ccn(-c3cc(N)ncn3)c2c1. The maximum absolute atomic E-state index is 14.1. The predicted octanol–water partition coefficient (Wildman–Crippen LogP) is 6.00. The van der Waals surface area contributed by atoms with Crippen molar-refractivity contribution in [2.45, 2.75) is 19.6 Å². The summed E-state index contributed by atoms with van der Waals surface area (Å²) >= 11 is 0. The smallest absolute Gasteiger partial charge is 0.384 e. The maximum atomic E-state index is 14.1. The van der Waals surface area contributed by atoms with Crippen molar-refractivity contribution in [3.8, 4) is 16.9 Å². The molecule has 0 saturated carbocycles. The lowest BCUT2D eigenvalue weighted by molar-refractivity contribution is -0.138. The summed E-state index contributed by atoms with van der Waals surface area (Å²) in [5, 5.41) is 3.80. The average molecular weight is 600 g/mol. The highest BCUT2D eigenvalue weighted by atomic mass is 19.4. The number of nitrogen functional groups attached to an aromatic ring is 1. The largest absolute Gasteiger partial charge is 0.416 e. The Balaban J connectivity index is 1.26. The van der Waals surface area contributed by atoms with Crippen molar-refractivity contribution in [3.63, 3.8) is 0 Å². The Morgan fingerprint density at radius 3 is 2.50 bits per heavy atom. The number of hydrogen-bond acceptors (Lipinski definition) is 6. The first-order valence-corrected chi connectivity index (χ1v) is 14.3. The summed E-state index contributed by atoms with van der Waals surface area (Å²) in [5.74, 6) is 0.386. The Labute approximate surface area is 252 Å². The van der Waals surface area contributed by atoms with Gasteiger partial charge in [-0.3, -0.25) is 9.69 Å². The van der Waals surface area contributed by atoms with Crippen LogP contribution in [-0.2, 0) is 12.7 Å². The summed E-state index contributed by atoms with van der Waals surface area (Å²) < 4.78 is 44.2. The van der Waals surface area contributed by atoms with E-state index in [0.29, 0.717) is 30.4 Å². The summed E-state index contributed by atoms with van der Waals surface area (Å²) in [6, 6.07) is 19.0. The van der Waals surface area contributed by atoms with Crippen LogP contribution in [-0.4, -0.2) is 63.5 Å². The van der Waals surface area contributed by atoms with Crippen molar-refractivity contribution in [3.05, 3.63) is 102 Å². The molecule has 2 aromatic heterocycles. The number of carbonyl (C=O) groups excluding carboxylic acids is 1. The van der Waals surface area contributed by atoms with Crippen LogP contribution in [0.4, 0.5) is 24.7 Å². The van der Waals surface area contributed by atoms with Gasteiger partial charge >= 0.3 is 6.18 Å². The highest BCUT2D eigenvalue weighted by Gasteiger charge is 2.34. The van der Waals surface area contributed by atoms with E-state index in [2.05, 4.69) is 20.2 Å². The van der Waals surface area contributed by atoms with Crippen LogP contribution in [0.15, 0.2) is 79.3 Å². The van der Waals surface area contributed by atoms with Gasteiger partial charge in [0.1, 0.15) is 18.0 Å². The second-order valence-electron chi connectivity index (χ2n) is 11.2. The number of carbonyl (C=O) groups is 1. The monoisotopic (exact) mass is 599 g/mol. The number of fused-ring (bicyclic) bond motifs is 1. The molecule has 1 aliphatic heterocycles. The first kappa shape index (κ1) is 29.3. The minimum atomic E-state index is -4.58. The molecule has 0 atom stereocenters. The molecule has 8 nitrogen and oxygen atoms in total. The van der Waals surface area contributed by atoms with Gasteiger partial charge < -0.3 is 20.5 Å². The number of piperazine rings is 1. The van der Waals surface area contributed by atoms with Gasteiger partial charge in [0.25, 0.3) is 5.91 Å². The average Bonchev–Trinajstić information content (AvgIpc) is 3.42. The minimum absolute atomic E-state index is 0.0510. The van der Waals surface area contributed by atoms with Crippen LogP contribution in [0.2, 0.25) is 0 Å². The molecular formula is C33H32F3N7O. The van der Waals surface area contributed by atoms with Gasteiger partial charge in [0.05, 0.1) is 11.1 Å². The maximum Gasteiger partial charge on any atom is 0.416 e. The number of nitrogens with one attached hydrogen (secondary N) is 1. The summed E-state index contributed by atoms with van der Waals surface area (Å²) in [6.07, 6.45) is -1.26. The Kier molecular flexibility index (Phi) is 7.83. The van der Waals surface area contributed by atoms with Crippen LogP contribution in [0.1, 0.15) is 27.0 Å². The number of likely N-dealkylation sites (N-methyl/N-ethyl adjacent to an activating group) is 1. The number of halogens is 3. The van der Waals surface area contributed by atoms with E-state index in [0.717, 1.165) is 46.7 Å². The number of alkyl halides is 3. The normalized spacial score (nSPS) is 14.7. The van der Waals surface area contributed by atoms with Crippen LogP contribution in [0, 0.1) is 6.92 Å². The van der Waals surface area contributed by atoms with Gasteiger partial charge in [0.2, 0.25) is 0 Å². The molecule has 1 amide bonds. The molecule has 3 heterocycles. The van der Waals surface area contributed by atoms with Gasteiger partial charge in [-0.15, -0.1) is 0 Å². The molecule has 0 spiro atoms. The Morgan fingerprint density at radius 2 is 1.75 bits per heavy atom. The first-order chi connectivity index (χ1) is 21.0. The number of hydrogen-bond donors (Lipinski definition) is 2. The van der Waals surface area contributed by atoms with Crippen molar-refractivity contribution in [2.75, 3.05) is 44.3 Å². The van der Waals surface area contributed by atoms with Crippen molar-refractivity contribution in [2.24, 2.45) is 0 Å². The van der Waals surface area contributed by atoms with Gasteiger partial charge in [-0.25, -0.2) is 9.97 Å². The number of rotatable bonds is 6. The Bertz CT molecular complexity index is 1840. The summed E-state index contributed by atoms with van der Waals surface area (Å²) in [6.45, 7) is 5.14. The topological polar surface area (TPSA) is 92.3 Å². The van der Waals surface area contributed by atoms with Crippen LogP contribution < -0.4 is 11.1 Å². The molecule has 3 N–H and O–H groups in total. The lowest BCUT2D eigenvalue weighted by Gasteiger charge is -2.33. The molecule has 1 aliphatic rings. The van der Waals surface area contributed by atoms with Crippen molar-refractivity contribution >= 4 is 28.3 Å². The molecule has 1 fully saturated rings. The van der Waals surface area contributed by atoms with Crippen LogP contribution >= 0.6 is 0 Å². The molecule has 1 saturated heterocycles. The fraction of sp³-hybridized carbons (Fsp3) is 0.242. The Hall–Kier alpha value is -4.74.